The van der Waals surface area contributed by atoms with Crippen molar-refractivity contribution in [2.45, 2.75) is 58.9 Å². The first kappa shape index (κ1) is 14.9. The number of rotatable bonds is 6. The molecule has 0 radical (unpaired) electrons. The van der Waals surface area contributed by atoms with Gasteiger partial charge in [-0.15, -0.1) is 0 Å². The van der Waals surface area contributed by atoms with Crippen LogP contribution in [0, 0.1) is 11.8 Å². The molecule has 100 valence electrons. The van der Waals surface area contributed by atoms with E-state index in [-0.39, 0.29) is 0 Å². The highest BCUT2D eigenvalue weighted by Gasteiger charge is 2.26. The van der Waals surface area contributed by atoms with Gasteiger partial charge in [0.05, 0.1) is 4.99 Å². The van der Waals surface area contributed by atoms with Gasteiger partial charge in [0.15, 0.2) is 0 Å². The lowest BCUT2D eigenvalue weighted by atomic mass is 9.83. The molecule has 2 nitrogen and oxygen atoms in total. The van der Waals surface area contributed by atoms with Gasteiger partial charge in [-0.2, -0.15) is 0 Å². The Bertz CT molecular complexity index is 242. The zero-order chi connectivity index (χ0) is 12.8. The topological polar surface area (TPSA) is 29.3 Å². The van der Waals surface area contributed by atoms with Crippen molar-refractivity contribution < 1.29 is 0 Å². The van der Waals surface area contributed by atoms with Crippen molar-refractivity contribution in [1.82, 2.24) is 4.90 Å². The predicted octanol–water partition coefficient (Wildman–Crippen LogP) is 3.20. The Balaban J connectivity index is 2.51. The maximum Gasteiger partial charge on any atom is 0.0768 e. The highest BCUT2D eigenvalue weighted by Crippen LogP contribution is 2.30. The van der Waals surface area contributed by atoms with Crippen LogP contribution in [-0.2, 0) is 0 Å². The van der Waals surface area contributed by atoms with E-state index in [1.165, 1.54) is 32.1 Å². The van der Waals surface area contributed by atoms with Gasteiger partial charge in [-0.3, -0.25) is 4.90 Å². The fourth-order valence-electron chi connectivity index (χ4n) is 2.94. The van der Waals surface area contributed by atoms with Crippen LogP contribution in [0.25, 0.3) is 0 Å². The zero-order valence-electron chi connectivity index (χ0n) is 11.6. The molecule has 3 atom stereocenters. The van der Waals surface area contributed by atoms with E-state index in [1.807, 2.05) is 0 Å². The van der Waals surface area contributed by atoms with E-state index in [9.17, 15) is 0 Å². The Labute approximate surface area is 112 Å². The Kier molecular flexibility index (Phi) is 6.42. The van der Waals surface area contributed by atoms with Crippen LogP contribution in [0.1, 0.15) is 52.9 Å². The van der Waals surface area contributed by atoms with E-state index in [1.54, 1.807) is 0 Å². The summed E-state index contributed by atoms with van der Waals surface area (Å²) in [5.41, 5.74) is 5.73. The lowest BCUT2D eigenvalue weighted by Gasteiger charge is -2.38. The first-order valence-corrected chi connectivity index (χ1v) is 7.52. The maximum atomic E-state index is 5.73. The molecule has 0 heterocycles. The van der Waals surface area contributed by atoms with Crippen molar-refractivity contribution in [2.75, 3.05) is 13.1 Å². The summed E-state index contributed by atoms with van der Waals surface area (Å²) in [5, 5.41) is 0. The molecular formula is C14H28N2S. The Morgan fingerprint density at radius 3 is 2.65 bits per heavy atom. The number of hydrogen-bond acceptors (Lipinski definition) is 2. The van der Waals surface area contributed by atoms with Gasteiger partial charge in [-0.1, -0.05) is 52.3 Å². The van der Waals surface area contributed by atoms with Crippen molar-refractivity contribution >= 4 is 17.2 Å². The normalized spacial score (nSPS) is 27.1. The molecule has 1 aliphatic rings. The second kappa shape index (κ2) is 7.32. The lowest BCUT2D eigenvalue weighted by Crippen LogP contribution is -2.43. The summed E-state index contributed by atoms with van der Waals surface area (Å²) in [6.45, 7) is 8.87. The van der Waals surface area contributed by atoms with Gasteiger partial charge in [0.25, 0.3) is 0 Å². The van der Waals surface area contributed by atoms with Gasteiger partial charge >= 0.3 is 0 Å². The molecule has 3 unspecified atom stereocenters. The Hall–Kier alpha value is -0.150. The molecule has 2 N–H and O–H groups in total. The molecule has 0 amide bonds. The quantitative estimate of drug-likeness (QED) is 0.740. The van der Waals surface area contributed by atoms with Crippen LogP contribution in [0.5, 0.6) is 0 Å². The fourth-order valence-corrected chi connectivity index (χ4v) is 3.02. The minimum absolute atomic E-state index is 0.340. The Morgan fingerprint density at radius 1 is 1.41 bits per heavy atom. The van der Waals surface area contributed by atoms with Crippen LogP contribution in [0.15, 0.2) is 0 Å². The summed E-state index contributed by atoms with van der Waals surface area (Å²) in [6, 6.07) is 0.760. The van der Waals surface area contributed by atoms with Crippen LogP contribution in [0.4, 0.5) is 0 Å². The highest BCUT2D eigenvalue weighted by atomic mass is 32.1. The van der Waals surface area contributed by atoms with Crippen molar-refractivity contribution in [1.29, 1.82) is 0 Å². The smallest absolute Gasteiger partial charge is 0.0768 e. The second-order valence-corrected chi connectivity index (χ2v) is 5.96. The summed E-state index contributed by atoms with van der Waals surface area (Å²) < 4.78 is 0. The number of nitrogens with zero attached hydrogens (tertiary/aromatic N) is 1. The van der Waals surface area contributed by atoms with Gasteiger partial charge in [0.1, 0.15) is 0 Å². The monoisotopic (exact) mass is 256 g/mol. The SMILES string of the molecule is CCC1CCCC(N(CC)CC(C)C(N)=S)C1. The molecular weight excluding hydrogens is 228 g/mol. The minimum Gasteiger partial charge on any atom is -0.393 e. The summed E-state index contributed by atoms with van der Waals surface area (Å²) >= 11 is 5.08. The molecule has 0 aliphatic heterocycles. The standard InChI is InChI=1S/C14H28N2S/c1-4-12-7-6-8-13(9-12)16(5-2)10-11(3)14(15)17/h11-13H,4-10H2,1-3H3,(H2,15,17). The molecule has 1 saturated carbocycles. The summed E-state index contributed by atoms with van der Waals surface area (Å²) in [6.07, 6.45) is 6.87. The van der Waals surface area contributed by atoms with Gasteiger partial charge < -0.3 is 5.73 Å². The Morgan fingerprint density at radius 2 is 2.12 bits per heavy atom. The van der Waals surface area contributed by atoms with Crippen LogP contribution >= 0.6 is 12.2 Å². The summed E-state index contributed by atoms with van der Waals surface area (Å²) in [7, 11) is 0. The van der Waals surface area contributed by atoms with Crippen LogP contribution in [-0.4, -0.2) is 29.0 Å². The van der Waals surface area contributed by atoms with E-state index >= 15 is 0 Å². The minimum atomic E-state index is 0.340. The molecule has 0 bridgehead atoms. The highest BCUT2D eigenvalue weighted by molar-refractivity contribution is 7.80. The molecule has 0 saturated heterocycles. The largest absolute Gasteiger partial charge is 0.393 e. The van der Waals surface area contributed by atoms with Crippen molar-refractivity contribution in [3.8, 4) is 0 Å². The van der Waals surface area contributed by atoms with E-state index < -0.39 is 0 Å². The lowest BCUT2D eigenvalue weighted by molar-refractivity contribution is 0.127. The third kappa shape index (κ3) is 4.55. The second-order valence-electron chi connectivity index (χ2n) is 5.49. The van der Waals surface area contributed by atoms with E-state index in [4.69, 9.17) is 18.0 Å². The number of nitrogens with two attached hydrogens (primary N) is 1. The van der Waals surface area contributed by atoms with Crippen LogP contribution in [0.3, 0.4) is 0 Å². The van der Waals surface area contributed by atoms with Crippen LogP contribution < -0.4 is 5.73 Å². The molecule has 17 heavy (non-hydrogen) atoms. The third-order valence-electron chi connectivity index (χ3n) is 4.25. The number of thiocarbonyl (C=S) groups is 1. The third-order valence-corrected chi connectivity index (χ3v) is 4.65. The van der Waals surface area contributed by atoms with Crippen molar-refractivity contribution in [3.05, 3.63) is 0 Å². The van der Waals surface area contributed by atoms with Gasteiger partial charge in [-0.25, -0.2) is 0 Å². The van der Waals surface area contributed by atoms with Gasteiger partial charge in [0, 0.05) is 18.5 Å². The molecule has 0 aromatic heterocycles. The molecule has 1 aliphatic carbocycles. The average Bonchev–Trinajstić information content (AvgIpc) is 2.35. The summed E-state index contributed by atoms with van der Waals surface area (Å²) in [5.74, 6) is 1.27. The molecule has 0 aromatic carbocycles. The number of hydrogen-bond donors (Lipinski definition) is 1. The molecule has 3 heteroatoms. The maximum absolute atomic E-state index is 5.73. The van der Waals surface area contributed by atoms with Crippen molar-refractivity contribution in [2.24, 2.45) is 17.6 Å². The van der Waals surface area contributed by atoms with E-state index in [0.717, 1.165) is 25.0 Å². The predicted molar refractivity (Wildman–Crippen MR) is 79.2 cm³/mol. The molecule has 0 aromatic rings. The van der Waals surface area contributed by atoms with E-state index in [2.05, 4.69) is 25.7 Å². The fraction of sp³-hybridized carbons (Fsp3) is 0.929. The van der Waals surface area contributed by atoms with Crippen LogP contribution in [0.2, 0.25) is 0 Å². The first-order valence-electron chi connectivity index (χ1n) is 7.11. The molecule has 1 fully saturated rings. The first-order chi connectivity index (χ1) is 8.08. The van der Waals surface area contributed by atoms with E-state index in [0.29, 0.717) is 10.9 Å². The van der Waals surface area contributed by atoms with Gasteiger partial charge in [-0.05, 0) is 25.3 Å². The summed E-state index contributed by atoms with van der Waals surface area (Å²) in [4.78, 5) is 3.25. The average molecular weight is 256 g/mol. The molecule has 0 spiro atoms. The zero-order valence-corrected chi connectivity index (χ0v) is 12.4. The van der Waals surface area contributed by atoms with Crippen molar-refractivity contribution in [3.63, 3.8) is 0 Å². The van der Waals surface area contributed by atoms with Gasteiger partial charge in [0.2, 0.25) is 0 Å². The molecule has 1 rings (SSSR count).